The van der Waals surface area contributed by atoms with Crippen LogP contribution in [0.5, 0.6) is 0 Å². The van der Waals surface area contributed by atoms with Gasteiger partial charge >= 0.3 is 5.97 Å². The van der Waals surface area contributed by atoms with Gasteiger partial charge in [-0.2, -0.15) is 0 Å². The average Bonchev–Trinajstić information content (AvgIpc) is 3.54. The first-order chi connectivity index (χ1) is 16.1. The molecule has 2 heterocycles. The summed E-state index contributed by atoms with van der Waals surface area (Å²) in [6.07, 6.45) is 9.13. The van der Waals surface area contributed by atoms with Crippen LogP contribution in [0.1, 0.15) is 64.1 Å². The van der Waals surface area contributed by atoms with Crippen LogP contribution in [0.15, 0.2) is 58.0 Å². The van der Waals surface area contributed by atoms with E-state index in [1.165, 1.54) is 11.2 Å². The Morgan fingerprint density at radius 3 is 2.61 bits per heavy atom. The third kappa shape index (κ3) is 5.33. The van der Waals surface area contributed by atoms with E-state index in [9.17, 15) is 9.90 Å². The third-order valence-corrected chi connectivity index (χ3v) is 8.80. The van der Waals surface area contributed by atoms with E-state index in [0.717, 1.165) is 81.2 Å². The van der Waals surface area contributed by atoms with E-state index < -0.39 is 11.6 Å². The van der Waals surface area contributed by atoms with Crippen molar-refractivity contribution in [2.45, 2.75) is 75.0 Å². The molecule has 1 aliphatic carbocycles. The number of nitrogens with zero attached hydrogens (tertiary/aromatic N) is 1. The van der Waals surface area contributed by atoms with Crippen LogP contribution in [0, 0.1) is 5.92 Å². The van der Waals surface area contributed by atoms with E-state index in [1.807, 2.05) is 17.8 Å². The molecule has 6 heteroatoms. The summed E-state index contributed by atoms with van der Waals surface area (Å²) in [5.41, 5.74) is -1.70. The van der Waals surface area contributed by atoms with Crippen molar-refractivity contribution in [3.63, 3.8) is 0 Å². The zero-order valence-electron chi connectivity index (χ0n) is 19.8. The van der Waals surface area contributed by atoms with Gasteiger partial charge in [-0.1, -0.05) is 37.5 Å². The highest BCUT2D eigenvalue weighted by atomic mass is 32.2. The van der Waals surface area contributed by atoms with Gasteiger partial charge in [0.25, 0.3) is 0 Å². The highest BCUT2D eigenvalue weighted by Gasteiger charge is 2.53. The van der Waals surface area contributed by atoms with Crippen LogP contribution in [0.4, 0.5) is 0 Å². The fraction of sp³-hybridized carbons (Fsp3) is 0.593. The number of aliphatic hydroxyl groups is 1. The standard InChI is InChI=1S/C27H38NO4S/c1-2-28(19-11-21-33-23-14-7-4-8-15-23)18-9-17-25(28)32-26(29)27(30,24-16-10-20-31-24)22-12-5-3-6-13-22/h4,7-8,10,14-16,20,22,25,30H,2-3,5-6,9,11-13,17-19,21H2,1H3/q+1. The SMILES string of the molecule is CC[N+]1(CCCSc2ccccc2)CCCC1OC(=O)C(O)(c1ccco1)C1CCCCC1. The Morgan fingerprint density at radius 1 is 1.12 bits per heavy atom. The summed E-state index contributed by atoms with van der Waals surface area (Å²) in [4.78, 5) is 14.9. The Hall–Kier alpha value is -1.76. The Kier molecular flexibility index (Phi) is 8.20. The number of hydrogen-bond donors (Lipinski definition) is 1. The number of esters is 1. The van der Waals surface area contributed by atoms with E-state index in [4.69, 9.17) is 9.15 Å². The molecule has 3 unspecified atom stereocenters. The van der Waals surface area contributed by atoms with Gasteiger partial charge in [0.1, 0.15) is 5.76 Å². The maximum absolute atomic E-state index is 13.6. The van der Waals surface area contributed by atoms with E-state index >= 15 is 0 Å². The first kappa shape index (κ1) is 24.4. The predicted molar refractivity (Wildman–Crippen MR) is 131 cm³/mol. The monoisotopic (exact) mass is 472 g/mol. The lowest BCUT2D eigenvalue weighted by molar-refractivity contribution is -0.955. The van der Waals surface area contributed by atoms with Gasteiger partial charge in [0.05, 0.1) is 25.9 Å². The van der Waals surface area contributed by atoms with E-state index in [1.54, 1.807) is 12.1 Å². The maximum atomic E-state index is 13.6. The van der Waals surface area contributed by atoms with Gasteiger partial charge in [-0.3, -0.25) is 4.48 Å². The Bertz CT molecular complexity index is 868. The summed E-state index contributed by atoms with van der Waals surface area (Å²) in [6, 6.07) is 13.9. The van der Waals surface area contributed by atoms with Gasteiger partial charge in [0.2, 0.25) is 11.8 Å². The van der Waals surface area contributed by atoms with E-state index in [0.29, 0.717) is 5.76 Å². The van der Waals surface area contributed by atoms with Crippen molar-refractivity contribution in [1.29, 1.82) is 0 Å². The molecule has 1 saturated heterocycles. The van der Waals surface area contributed by atoms with Crippen LogP contribution in [0.25, 0.3) is 0 Å². The lowest BCUT2D eigenvalue weighted by Gasteiger charge is -2.41. The molecule has 33 heavy (non-hydrogen) atoms. The number of thioether (sulfide) groups is 1. The highest BCUT2D eigenvalue weighted by Crippen LogP contribution is 2.42. The lowest BCUT2D eigenvalue weighted by Crippen LogP contribution is -2.56. The summed E-state index contributed by atoms with van der Waals surface area (Å²) in [5.74, 6) is 0.692. The van der Waals surface area contributed by atoms with Gasteiger partial charge < -0.3 is 14.3 Å². The number of benzene rings is 1. The fourth-order valence-corrected chi connectivity index (χ4v) is 6.59. The minimum Gasteiger partial charge on any atom is -0.466 e. The quantitative estimate of drug-likeness (QED) is 0.207. The van der Waals surface area contributed by atoms with Crippen LogP contribution >= 0.6 is 11.8 Å². The third-order valence-electron chi connectivity index (χ3n) is 7.70. The second-order valence-corrected chi connectivity index (χ2v) is 10.7. The van der Waals surface area contributed by atoms with Gasteiger partial charge in [-0.15, -0.1) is 11.8 Å². The molecule has 1 saturated carbocycles. The number of furan rings is 1. The molecule has 5 nitrogen and oxygen atoms in total. The number of ether oxygens (including phenoxy) is 1. The van der Waals surface area contributed by atoms with Crippen molar-refractivity contribution in [3.8, 4) is 0 Å². The van der Waals surface area contributed by atoms with E-state index in [2.05, 4.69) is 31.2 Å². The molecule has 1 N–H and O–H groups in total. The molecule has 1 aromatic heterocycles. The number of carbonyl (C=O) groups excluding carboxylic acids is 1. The van der Waals surface area contributed by atoms with E-state index in [-0.39, 0.29) is 12.1 Å². The minimum absolute atomic E-state index is 0.155. The number of quaternary nitrogens is 1. The molecule has 180 valence electrons. The van der Waals surface area contributed by atoms with Crippen LogP contribution < -0.4 is 0 Å². The van der Waals surface area contributed by atoms with Crippen LogP contribution in [0.2, 0.25) is 0 Å². The highest BCUT2D eigenvalue weighted by molar-refractivity contribution is 7.99. The summed E-state index contributed by atoms with van der Waals surface area (Å²) >= 11 is 1.88. The molecule has 0 bridgehead atoms. The number of likely N-dealkylation sites (tertiary alicyclic amines) is 1. The first-order valence-electron chi connectivity index (χ1n) is 12.6. The fourth-order valence-electron chi connectivity index (χ4n) is 5.73. The van der Waals surface area contributed by atoms with Gasteiger partial charge in [0.15, 0.2) is 0 Å². The Morgan fingerprint density at radius 2 is 1.91 bits per heavy atom. The van der Waals surface area contributed by atoms with Crippen molar-refractivity contribution < 1.29 is 23.5 Å². The van der Waals surface area contributed by atoms with Crippen LogP contribution in [-0.2, 0) is 15.1 Å². The van der Waals surface area contributed by atoms with Crippen molar-refractivity contribution in [2.75, 3.05) is 25.4 Å². The zero-order valence-corrected chi connectivity index (χ0v) is 20.6. The molecule has 2 aromatic rings. The number of carbonyl (C=O) groups is 1. The molecule has 0 spiro atoms. The lowest BCUT2D eigenvalue weighted by atomic mass is 9.75. The van der Waals surface area contributed by atoms with Crippen molar-refractivity contribution in [2.24, 2.45) is 5.92 Å². The zero-order chi connectivity index (χ0) is 23.2. The molecule has 0 amide bonds. The molecule has 3 atom stereocenters. The number of rotatable bonds is 10. The molecular formula is C27H38NO4S+. The molecule has 0 radical (unpaired) electrons. The molecule has 4 rings (SSSR count). The molecular weight excluding hydrogens is 434 g/mol. The largest absolute Gasteiger partial charge is 0.466 e. The second kappa shape index (κ2) is 11.1. The van der Waals surface area contributed by atoms with Gasteiger partial charge in [0, 0.05) is 35.8 Å². The summed E-state index contributed by atoms with van der Waals surface area (Å²) < 4.78 is 12.6. The molecule has 2 aliphatic rings. The van der Waals surface area contributed by atoms with Gasteiger partial charge in [-0.05, 0) is 44.0 Å². The van der Waals surface area contributed by atoms with Crippen LogP contribution in [-0.4, -0.2) is 47.2 Å². The molecule has 1 aliphatic heterocycles. The summed E-state index contributed by atoms with van der Waals surface area (Å²) in [6.45, 7) is 5.12. The number of hydrogen-bond acceptors (Lipinski definition) is 5. The summed E-state index contributed by atoms with van der Waals surface area (Å²) in [5, 5.41) is 11.7. The van der Waals surface area contributed by atoms with Gasteiger partial charge in [-0.25, -0.2) is 4.79 Å². The molecule has 1 aromatic carbocycles. The minimum atomic E-state index is -1.70. The Labute approximate surface area is 202 Å². The topological polar surface area (TPSA) is 59.7 Å². The summed E-state index contributed by atoms with van der Waals surface area (Å²) in [7, 11) is 0. The van der Waals surface area contributed by atoms with Crippen molar-refractivity contribution in [1.82, 2.24) is 0 Å². The predicted octanol–water partition coefficient (Wildman–Crippen LogP) is 5.73. The van der Waals surface area contributed by atoms with Crippen molar-refractivity contribution in [3.05, 3.63) is 54.5 Å². The smallest absolute Gasteiger partial charge is 0.350 e. The maximum Gasteiger partial charge on any atom is 0.350 e. The second-order valence-electron chi connectivity index (χ2n) is 9.58. The molecule has 2 fully saturated rings. The first-order valence-corrected chi connectivity index (χ1v) is 13.6. The Balaban J connectivity index is 1.43. The average molecular weight is 473 g/mol. The normalized spacial score (nSPS) is 25.6. The van der Waals surface area contributed by atoms with Crippen LogP contribution in [0.3, 0.4) is 0 Å². The van der Waals surface area contributed by atoms with Crippen molar-refractivity contribution >= 4 is 17.7 Å².